The van der Waals surface area contributed by atoms with Crippen molar-refractivity contribution in [3.63, 3.8) is 0 Å². The van der Waals surface area contributed by atoms with Crippen LogP contribution in [0.1, 0.15) is 38.9 Å². The first kappa shape index (κ1) is 12.1. The smallest absolute Gasteiger partial charge is 0.132 e. The molecule has 1 aromatic heterocycles. The van der Waals surface area contributed by atoms with Gasteiger partial charge in [0.25, 0.3) is 0 Å². The van der Waals surface area contributed by atoms with Crippen molar-refractivity contribution in [1.82, 2.24) is 9.97 Å². The highest BCUT2D eigenvalue weighted by Crippen LogP contribution is 2.38. The van der Waals surface area contributed by atoms with Gasteiger partial charge in [-0.3, -0.25) is 0 Å². The van der Waals surface area contributed by atoms with Crippen molar-refractivity contribution < 1.29 is 0 Å². The van der Waals surface area contributed by atoms with Gasteiger partial charge in [-0.1, -0.05) is 13.8 Å². The molecule has 1 heterocycles. The lowest BCUT2D eigenvalue weighted by atomic mass is 9.92. The molecule has 1 saturated carbocycles. The summed E-state index contributed by atoms with van der Waals surface area (Å²) in [6.07, 6.45) is 3.73. The van der Waals surface area contributed by atoms with E-state index in [-0.39, 0.29) is 0 Å². The predicted molar refractivity (Wildman–Crippen MR) is 71.4 cm³/mol. The van der Waals surface area contributed by atoms with Crippen molar-refractivity contribution in [2.45, 2.75) is 46.1 Å². The zero-order valence-corrected chi connectivity index (χ0v) is 11.2. The lowest BCUT2D eigenvalue weighted by Gasteiger charge is -2.18. The molecule has 17 heavy (non-hydrogen) atoms. The van der Waals surface area contributed by atoms with E-state index in [1.54, 1.807) is 0 Å². The third kappa shape index (κ3) is 3.08. The highest BCUT2D eigenvalue weighted by molar-refractivity contribution is 5.47. The van der Waals surface area contributed by atoms with E-state index in [4.69, 9.17) is 0 Å². The summed E-state index contributed by atoms with van der Waals surface area (Å²) in [7, 11) is 1.88. The number of nitrogens with one attached hydrogen (secondary N) is 2. The second kappa shape index (κ2) is 4.51. The van der Waals surface area contributed by atoms with E-state index < -0.39 is 0 Å². The van der Waals surface area contributed by atoms with Crippen LogP contribution in [0, 0.1) is 12.3 Å². The molecule has 2 rings (SSSR count). The lowest BCUT2D eigenvalue weighted by Crippen LogP contribution is -2.18. The molecule has 1 aliphatic rings. The Morgan fingerprint density at radius 1 is 1.29 bits per heavy atom. The molecule has 0 amide bonds. The molecule has 0 bridgehead atoms. The second-order valence-electron chi connectivity index (χ2n) is 5.68. The first-order chi connectivity index (χ1) is 7.98. The standard InChI is InChI=1S/C13H22N4/c1-9-15-11(14-4)7-12(16-9)17-10-5-6-13(2,3)8-10/h7,10H,5-6,8H2,1-4H3,(H2,14,15,16,17). The Bertz CT molecular complexity index is 400. The third-order valence-electron chi connectivity index (χ3n) is 3.41. The van der Waals surface area contributed by atoms with Gasteiger partial charge in [-0.05, 0) is 31.6 Å². The van der Waals surface area contributed by atoms with Gasteiger partial charge in [0.1, 0.15) is 17.5 Å². The summed E-state index contributed by atoms with van der Waals surface area (Å²) < 4.78 is 0. The number of hydrogen-bond donors (Lipinski definition) is 2. The summed E-state index contributed by atoms with van der Waals surface area (Å²) in [6, 6.07) is 2.52. The van der Waals surface area contributed by atoms with Crippen LogP contribution < -0.4 is 10.6 Å². The first-order valence-corrected chi connectivity index (χ1v) is 6.28. The first-order valence-electron chi connectivity index (χ1n) is 6.28. The fourth-order valence-electron chi connectivity index (χ4n) is 2.54. The minimum atomic E-state index is 0.464. The predicted octanol–water partition coefficient (Wildman–Crippen LogP) is 2.82. The average molecular weight is 234 g/mol. The Balaban J connectivity index is 2.06. The van der Waals surface area contributed by atoms with E-state index in [9.17, 15) is 0 Å². The van der Waals surface area contributed by atoms with Crippen LogP contribution in [0.5, 0.6) is 0 Å². The maximum Gasteiger partial charge on any atom is 0.132 e. The Kier molecular flexibility index (Phi) is 3.22. The van der Waals surface area contributed by atoms with Crippen LogP contribution in [0.2, 0.25) is 0 Å². The molecular weight excluding hydrogens is 212 g/mol. The largest absolute Gasteiger partial charge is 0.373 e. The fourth-order valence-corrected chi connectivity index (χ4v) is 2.54. The molecule has 4 heteroatoms. The maximum atomic E-state index is 4.43. The second-order valence-corrected chi connectivity index (χ2v) is 5.68. The van der Waals surface area contributed by atoms with Crippen LogP contribution in [0.15, 0.2) is 6.07 Å². The number of anilines is 2. The number of rotatable bonds is 3. The number of hydrogen-bond acceptors (Lipinski definition) is 4. The van der Waals surface area contributed by atoms with Crippen LogP contribution in [-0.2, 0) is 0 Å². The summed E-state index contributed by atoms with van der Waals surface area (Å²) in [5.41, 5.74) is 0.464. The topological polar surface area (TPSA) is 49.8 Å². The summed E-state index contributed by atoms with van der Waals surface area (Å²) in [5, 5.41) is 6.58. The van der Waals surface area contributed by atoms with Gasteiger partial charge in [0.15, 0.2) is 0 Å². The molecule has 2 N–H and O–H groups in total. The van der Waals surface area contributed by atoms with E-state index in [1.807, 2.05) is 20.0 Å². The molecule has 1 unspecified atom stereocenters. The highest BCUT2D eigenvalue weighted by atomic mass is 15.1. The molecule has 1 fully saturated rings. The van der Waals surface area contributed by atoms with Crippen LogP contribution in [0.4, 0.5) is 11.6 Å². The summed E-state index contributed by atoms with van der Waals surface area (Å²) in [6.45, 7) is 6.59. The zero-order chi connectivity index (χ0) is 12.5. The van der Waals surface area contributed by atoms with Crippen LogP contribution in [0.25, 0.3) is 0 Å². The van der Waals surface area contributed by atoms with Gasteiger partial charge in [0.2, 0.25) is 0 Å². The van der Waals surface area contributed by atoms with Gasteiger partial charge < -0.3 is 10.6 Å². The van der Waals surface area contributed by atoms with Crippen molar-refractivity contribution >= 4 is 11.6 Å². The van der Waals surface area contributed by atoms with Gasteiger partial charge in [0.05, 0.1) is 0 Å². The number of aromatic nitrogens is 2. The molecule has 4 nitrogen and oxygen atoms in total. The average Bonchev–Trinajstić information content (AvgIpc) is 2.57. The molecule has 1 aliphatic carbocycles. The summed E-state index contributed by atoms with van der Waals surface area (Å²) in [5.74, 6) is 2.61. The molecule has 1 aromatic rings. The number of nitrogens with zero attached hydrogens (tertiary/aromatic N) is 2. The van der Waals surface area contributed by atoms with Gasteiger partial charge >= 0.3 is 0 Å². The molecule has 0 radical (unpaired) electrons. The summed E-state index contributed by atoms with van der Waals surface area (Å²) >= 11 is 0. The lowest BCUT2D eigenvalue weighted by molar-refractivity contribution is 0.378. The monoisotopic (exact) mass is 234 g/mol. The maximum absolute atomic E-state index is 4.43. The van der Waals surface area contributed by atoms with E-state index in [1.165, 1.54) is 19.3 Å². The van der Waals surface area contributed by atoms with Crippen LogP contribution in [0.3, 0.4) is 0 Å². The molecule has 94 valence electrons. The Hall–Kier alpha value is -1.32. The van der Waals surface area contributed by atoms with Crippen molar-refractivity contribution in [3.8, 4) is 0 Å². The van der Waals surface area contributed by atoms with Crippen molar-refractivity contribution in [3.05, 3.63) is 11.9 Å². The third-order valence-corrected chi connectivity index (χ3v) is 3.41. The van der Waals surface area contributed by atoms with Crippen molar-refractivity contribution in [1.29, 1.82) is 0 Å². The summed E-state index contributed by atoms with van der Waals surface area (Å²) in [4.78, 5) is 8.72. The minimum Gasteiger partial charge on any atom is -0.373 e. The van der Waals surface area contributed by atoms with Gasteiger partial charge in [-0.15, -0.1) is 0 Å². The van der Waals surface area contributed by atoms with Crippen molar-refractivity contribution in [2.75, 3.05) is 17.7 Å². The highest BCUT2D eigenvalue weighted by Gasteiger charge is 2.30. The number of aryl methyl sites for hydroxylation is 1. The van der Waals surface area contributed by atoms with E-state index in [2.05, 4.69) is 34.4 Å². The normalized spacial score (nSPS) is 22.5. The van der Waals surface area contributed by atoms with E-state index in [0.29, 0.717) is 11.5 Å². The van der Waals surface area contributed by atoms with E-state index in [0.717, 1.165) is 17.5 Å². The molecule has 0 aliphatic heterocycles. The molecular formula is C13H22N4. The minimum absolute atomic E-state index is 0.464. The van der Waals surface area contributed by atoms with Gasteiger partial charge in [-0.25, -0.2) is 9.97 Å². The molecule has 0 aromatic carbocycles. The SMILES string of the molecule is CNc1cc(NC2CCC(C)(C)C2)nc(C)n1. The van der Waals surface area contributed by atoms with Gasteiger partial charge in [0, 0.05) is 19.2 Å². The van der Waals surface area contributed by atoms with E-state index >= 15 is 0 Å². The van der Waals surface area contributed by atoms with Gasteiger partial charge in [-0.2, -0.15) is 0 Å². The Morgan fingerprint density at radius 2 is 2.00 bits per heavy atom. The Labute approximate surface area is 103 Å². The quantitative estimate of drug-likeness (QED) is 0.844. The molecule has 0 spiro atoms. The zero-order valence-electron chi connectivity index (χ0n) is 11.2. The molecule has 1 atom stereocenters. The molecule has 0 saturated heterocycles. The van der Waals surface area contributed by atoms with Crippen molar-refractivity contribution in [2.24, 2.45) is 5.41 Å². The van der Waals surface area contributed by atoms with Crippen LogP contribution in [-0.4, -0.2) is 23.1 Å². The fraction of sp³-hybridized carbons (Fsp3) is 0.692. The van der Waals surface area contributed by atoms with Crippen LogP contribution >= 0.6 is 0 Å². The Morgan fingerprint density at radius 3 is 2.59 bits per heavy atom.